The lowest BCUT2D eigenvalue weighted by Gasteiger charge is -2.33. The van der Waals surface area contributed by atoms with Gasteiger partial charge in [0.25, 0.3) is 5.91 Å². The van der Waals surface area contributed by atoms with Crippen LogP contribution in [0.25, 0.3) is 10.9 Å². The van der Waals surface area contributed by atoms with Crippen LogP contribution in [0.3, 0.4) is 0 Å². The van der Waals surface area contributed by atoms with E-state index in [0.29, 0.717) is 29.7 Å². The predicted molar refractivity (Wildman–Crippen MR) is 110 cm³/mol. The van der Waals surface area contributed by atoms with Crippen molar-refractivity contribution < 1.29 is 14.0 Å². The van der Waals surface area contributed by atoms with Gasteiger partial charge in [-0.2, -0.15) is 5.10 Å². The maximum Gasteiger partial charge on any atom is 0.250 e. The molecule has 1 unspecified atom stereocenters. The minimum atomic E-state index is -0.602. The minimum Gasteiger partial charge on any atom is -0.366 e. The number of fused-ring (bicyclic) bond motifs is 1. The third-order valence-electron chi connectivity index (χ3n) is 5.62. The number of nitrogens with two attached hydrogens (primary N) is 1. The van der Waals surface area contributed by atoms with Gasteiger partial charge in [-0.15, -0.1) is 0 Å². The number of nitrogens with zero attached hydrogens (tertiary/aromatic N) is 4. The van der Waals surface area contributed by atoms with E-state index in [0.717, 1.165) is 24.2 Å². The number of hydrogen-bond acceptors (Lipinski definition) is 4. The van der Waals surface area contributed by atoms with Gasteiger partial charge in [-0.1, -0.05) is 0 Å². The van der Waals surface area contributed by atoms with Crippen molar-refractivity contribution in [1.29, 1.82) is 0 Å². The fraction of sp³-hybridized carbons (Fsp3) is 0.364. The summed E-state index contributed by atoms with van der Waals surface area (Å²) in [6.45, 7) is 5.11. The molecule has 3 aromatic rings. The van der Waals surface area contributed by atoms with Gasteiger partial charge in [0.05, 0.1) is 22.5 Å². The summed E-state index contributed by atoms with van der Waals surface area (Å²) in [4.78, 5) is 31.4. The molecule has 0 bridgehead atoms. The van der Waals surface area contributed by atoms with Crippen LogP contribution in [0.2, 0.25) is 0 Å². The van der Waals surface area contributed by atoms with Gasteiger partial charge in [-0.25, -0.2) is 4.39 Å². The Labute approximate surface area is 173 Å². The molecule has 1 aliphatic rings. The molecule has 4 rings (SSSR count). The number of amides is 2. The molecule has 7 nitrogen and oxygen atoms in total. The molecule has 2 N–H and O–H groups in total. The monoisotopic (exact) mass is 409 g/mol. The highest BCUT2D eigenvalue weighted by Gasteiger charge is 2.29. The first-order valence-corrected chi connectivity index (χ1v) is 10.0. The average molecular weight is 409 g/mol. The third kappa shape index (κ3) is 3.90. The van der Waals surface area contributed by atoms with E-state index >= 15 is 0 Å². The second-order valence-electron chi connectivity index (χ2n) is 7.89. The molecule has 0 spiro atoms. The van der Waals surface area contributed by atoms with E-state index in [9.17, 15) is 14.0 Å². The van der Waals surface area contributed by atoms with Gasteiger partial charge < -0.3 is 10.6 Å². The molecule has 2 amide bonds. The summed E-state index contributed by atoms with van der Waals surface area (Å²) in [6.07, 6.45) is 1.60. The molecule has 30 heavy (non-hydrogen) atoms. The van der Waals surface area contributed by atoms with Crippen molar-refractivity contribution in [3.63, 3.8) is 0 Å². The highest BCUT2D eigenvalue weighted by Crippen LogP contribution is 2.30. The number of hydrogen-bond donors (Lipinski definition) is 1. The van der Waals surface area contributed by atoms with Crippen molar-refractivity contribution in [3.05, 3.63) is 58.8 Å². The number of likely N-dealkylation sites (tertiary alicyclic amines) is 1. The summed E-state index contributed by atoms with van der Waals surface area (Å²) in [5, 5.41) is 4.89. The van der Waals surface area contributed by atoms with Crippen molar-refractivity contribution >= 4 is 22.7 Å². The summed E-state index contributed by atoms with van der Waals surface area (Å²) in [6, 6.07) is 7.80. The van der Waals surface area contributed by atoms with Crippen LogP contribution in [-0.2, 0) is 11.3 Å². The quantitative estimate of drug-likeness (QED) is 0.717. The molecule has 1 fully saturated rings. The van der Waals surface area contributed by atoms with Crippen molar-refractivity contribution in [3.8, 4) is 0 Å². The Hall–Kier alpha value is -3.29. The highest BCUT2D eigenvalue weighted by molar-refractivity contribution is 5.97. The van der Waals surface area contributed by atoms with Gasteiger partial charge in [0.15, 0.2) is 0 Å². The number of halogens is 1. The average Bonchev–Trinajstić information content (AvgIpc) is 3.03. The summed E-state index contributed by atoms with van der Waals surface area (Å²) in [5.74, 6) is -1.13. The molecule has 1 saturated heterocycles. The zero-order chi connectivity index (χ0) is 21.4. The number of rotatable bonds is 4. The van der Waals surface area contributed by atoms with Crippen LogP contribution < -0.4 is 5.73 Å². The molecule has 0 saturated carbocycles. The second-order valence-corrected chi connectivity index (χ2v) is 7.89. The molecule has 1 aromatic carbocycles. The molecule has 0 aliphatic carbocycles. The van der Waals surface area contributed by atoms with E-state index in [-0.39, 0.29) is 23.9 Å². The van der Waals surface area contributed by atoms with E-state index in [1.54, 1.807) is 21.7 Å². The lowest BCUT2D eigenvalue weighted by Crippen LogP contribution is -2.41. The predicted octanol–water partition coefficient (Wildman–Crippen LogP) is 2.69. The van der Waals surface area contributed by atoms with E-state index in [1.807, 2.05) is 19.9 Å². The first-order chi connectivity index (χ1) is 14.3. The lowest BCUT2D eigenvalue weighted by molar-refractivity contribution is -0.133. The third-order valence-corrected chi connectivity index (χ3v) is 5.62. The Balaban J connectivity index is 1.61. The van der Waals surface area contributed by atoms with Crippen LogP contribution in [0.4, 0.5) is 4.39 Å². The summed E-state index contributed by atoms with van der Waals surface area (Å²) < 4.78 is 15.3. The fourth-order valence-corrected chi connectivity index (χ4v) is 4.16. The number of pyridine rings is 1. The second kappa shape index (κ2) is 7.85. The number of primary amides is 1. The SMILES string of the molecule is Cc1cc(C)n(CC(=O)N2CCCC(c3nc4ccc(F)cc4cc3C(N)=O)C2)n1. The molecular weight excluding hydrogens is 385 g/mol. The fourth-order valence-electron chi connectivity index (χ4n) is 4.16. The van der Waals surface area contributed by atoms with Crippen LogP contribution in [-0.4, -0.2) is 44.6 Å². The molecule has 0 radical (unpaired) electrons. The van der Waals surface area contributed by atoms with Crippen molar-refractivity contribution in [2.75, 3.05) is 13.1 Å². The number of aryl methyl sites for hydroxylation is 2. The Bertz CT molecular complexity index is 1140. The Kier molecular flexibility index (Phi) is 5.24. The minimum absolute atomic E-state index is 0.0191. The molecule has 8 heteroatoms. The first-order valence-electron chi connectivity index (χ1n) is 10.0. The normalized spacial score (nSPS) is 16.8. The van der Waals surface area contributed by atoms with E-state index in [1.165, 1.54) is 12.1 Å². The molecule has 3 heterocycles. The first kappa shape index (κ1) is 20.0. The van der Waals surface area contributed by atoms with E-state index < -0.39 is 11.7 Å². The van der Waals surface area contributed by atoms with Gasteiger partial charge >= 0.3 is 0 Å². The number of carbonyl (C=O) groups excluding carboxylic acids is 2. The molecule has 156 valence electrons. The van der Waals surface area contributed by atoms with Gasteiger partial charge in [0.1, 0.15) is 12.4 Å². The molecule has 1 atom stereocenters. The highest BCUT2D eigenvalue weighted by atomic mass is 19.1. The number of aromatic nitrogens is 3. The largest absolute Gasteiger partial charge is 0.366 e. The van der Waals surface area contributed by atoms with Crippen LogP contribution in [0.1, 0.15) is 46.2 Å². The summed E-state index contributed by atoms with van der Waals surface area (Å²) in [5.41, 5.74) is 8.87. The van der Waals surface area contributed by atoms with Gasteiger partial charge in [-0.3, -0.25) is 19.3 Å². The number of piperidine rings is 1. The van der Waals surface area contributed by atoms with E-state index in [2.05, 4.69) is 10.1 Å². The van der Waals surface area contributed by atoms with Gasteiger partial charge in [0.2, 0.25) is 5.91 Å². The topological polar surface area (TPSA) is 94.1 Å². The van der Waals surface area contributed by atoms with E-state index in [4.69, 9.17) is 5.73 Å². The standard InChI is InChI=1S/C22H24FN5O2/c1-13-8-14(2)28(26-13)12-20(29)27-7-3-4-15(11-27)21-18(22(24)30)10-16-9-17(23)5-6-19(16)25-21/h5-6,8-10,15H,3-4,7,11-12H2,1-2H3,(H2,24,30). The zero-order valence-corrected chi connectivity index (χ0v) is 17.1. The zero-order valence-electron chi connectivity index (χ0n) is 17.1. The van der Waals surface area contributed by atoms with Crippen molar-refractivity contribution in [1.82, 2.24) is 19.7 Å². The Morgan fingerprint density at radius 2 is 2.03 bits per heavy atom. The van der Waals surface area contributed by atoms with Crippen molar-refractivity contribution in [2.45, 2.75) is 39.2 Å². The smallest absolute Gasteiger partial charge is 0.250 e. The Morgan fingerprint density at radius 1 is 1.23 bits per heavy atom. The van der Waals surface area contributed by atoms with Gasteiger partial charge in [-0.05, 0) is 57.0 Å². The molecular formula is C22H24FN5O2. The van der Waals surface area contributed by atoms with Crippen molar-refractivity contribution in [2.24, 2.45) is 5.73 Å². The molecule has 1 aliphatic heterocycles. The van der Waals surface area contributed by atoms with Crippen LogP contribution >= 0.6 is 0 Å². The van der Waals surface area contributed by atoms with Crippen LogP contribution in [0.5, 0.6) is 0 Å². The maximum atomic E-state index is 13.6. The lowest BCUT2D eigenvalue weighted by atomic mass is 9.90. The maximum absolute atomic E-state index is 13.6. The van der Waals surface area contributed by atoms with Crippen LogP contribution in [0, 0.1) is 19.7 Å². The summed E-state index contributed by atoms with van der Waals surface area (Å²) >= 11 is 0. The Morgan fingerprint density at radius 3 is 2.73 bits per heavy atom. The number of carbonyl (C=O) groups is 2. The molecule has 2 aromatic heterocycles. The van der Waals surface area contributed by atoms with Crippen LogP contribution in [0.15, 0.2) is 30.3 Å². The summed E-state index contributed by atoms with van der Waals surface area (Å²) in [7, 11) is 0. The van der Waals surface area contributed by atoms with Gasteiger partial charge in [0, 0.05) is 30.1 Å². The number of benzene rings is 1.